The van der Waals surface area contributed by atoms with Gasteiger partial charge in [-0.1, -0.05) is 0 Å². The Bertz CT molecular complexity index is 689. The first-order chi connectivity index (χ1) is 9.99. The van der Waals surface area contributed by atoms with Gasteiger partial charge in [-0.15, -0.1) is 0 Å². The smallest absolute Gasteiger partial charge is 0.332 e. The van der Waals surface area contributed by atoms with Crippen molar-refractivity contribution in [2.75, 3.05) is 6.61 Å². The lowest BCUT2D eigenvalue weighted by atomic mass is 10.2. The van der Waals surface area contributed by atoms with E-state index in [9.17, 15) is 14.7 Å². The zero-order valence-electron chi connectivity index (χ0n) is 11.5. The Kier molecular flexibility index (Phi) is 4.32. The van der Waals surface area contributed by atoms with Gasteiger partial charge in [0.05, 0.1) is 6.61 Å². The normalized spacial score (nSPS) is 24.6. The molecule has 0 aromatic carbocycles. The number of rotatable bonds is 4. The molecule has 1 aromatic heterocycles. The van der Waals surface area contributed by atoms with Crippen molar-refractivity contribution >= 4 is 0 Å². The summed E-state index contributed by atoms with van der Waals surface area (Å²) in [6.45, 7) is 1.24. The predicted molar refractivity (Wildman–Crippen MR) is 70.3 cm³/mol. The highest BCUT2D eigenvalue weighted by Crippen LogP contribution is 2.29. The zero-order valence-corrected chi connectivity index (χ0v) is 11.5. The summed E-state index contributed by atoms with van der Waals surface area (Å²) in [6.07, 6.45) is -0.481. The van der Waals surface area contributed by atoms with Crippen molar-refractivity contribution in [3.8, 4) is 0 Å². The maximum Gasteiger partial charge on any atom is 0.332 e. The monoisotopic (exact) mass is 297 g/mol. The van der Waals surface area contributed by atoms with E-state index in [1.54, 1.807) is 6.92 Å². The molecule has 1 fully saturated rings. The van der Waals surface area contributed by atoms with E-state index in [-0.39, 0.29) is 18.6 Å². The van der Waals surface area contributed by atoms with Gasteiger partial charge in [0, 0.05) is 30.1 Å². The van der Waals surface area contributed by atoms with Crippen LogP contribution in [0.2, 0.25) is 0 Å². The maximum absolute atomic E-state index is 12.1. The molecule has 10 nitrogen and oxygen atoms in total. The summed E-state index contributed by atoms with van der Waals surface area (Å²) >= 11 is 0. The average Bonchev–Trinajstić information content (AvgIpc) is 2.89. The SMILES string of the molecule is Cc1cn([C@H]2CC(ON=[N+]=[N-])[C@@H](CO)O2)c(=O)n(C)c1=O. The molecule has 1 saturated heterocycles. The fourth-order valence-corrected chi connectivity index (χ4v) is 2.28. The molecular formula is C11H15N5O5. The number of aliphatic hydroxyl groups is 1. The van der Waals surface area contributed by atoms with Crippen LogP contribution in [-0.2, 0) is 16.6 Å². The van der Waals surface area contributed by atoms with Crippen molar-refractivity contribution in [3.05, 3.63) is 43.0 Å². The molecular weight excluding hydrogens is 282 g/mol. The van der Waals surface area contributed by atoms with Gasteiger partial charge < -0.3 is 14.7 Å². The van der Waals surface area contributed by atoms with Crippen molar-refractivity contribution < 1.29 is 14.7 Å². The number of aliphatic hydroxyl groups excluding tert-OH is 1. The van der Waals surface area contributed by atoms with Crippen LogP contribution < -0.4 is 11.2 Å². The Labute approximate surface area is 118 Å². The van der Waals surface area contributed by atoms with Gasteiger partial charge in [-0.25, -0.2) is 4.79 Å². The summed E-state index contributed by atoms with van der Waals surface area (Å²) in [5.41, 5.74) is 7.73. The quantitative estimate of drug-likeness (QED) is 0.354. The highest BCUT2D eigenvalue weighted by Gasteiger charge is 2.38. The molecule has 114 valence electrons. The van der Waals surface area contributed by atoms with Crippen LogP contribution in [0.4, 0.5) is 0 Å². The maximum atomic E-state index is 12.1. The minimum Gasteiger partial charge on any atom is -0.427 e. The summed E-state index contributed by atoms with van der Waals surface area (Å²) in [5.74, 6) is 0. The number of hydrogen-bond donors (Lipinski definition) is 1. The van der Waals surface area contributed by atoms with Crippen LogP contribution in [0.5, 0.6) is 0 Å². The standard InChI is InChI=1S/C11H15N5O5/c1-6-4-16(11(19)15(2)10(6)18)9-3-7(21-14-13-12)8(5-17)20-9/h4,7-9,17H,3,5H2,1-2H3/t7?,8-,9-/m1/s1. The van der Waals surface area contributed by atoms with Crippen LogP contribution in [0.15, 0.2) is 21.1 Å². The Morgan fingerprint density at radius 1 is 1.62 bits per heavy atom. The van der Waals surface area contributed by atoms with Gasteiger partial charge in [-0.05, 0) is 12.5 Å². The van der Waals surface area contributed by atoms with Crippen molar-refractivity contribution in [3.63, 3.8) is 0 Å². The Hall–Kier alpha value is -2.29. The van der Waals surface area contributed by atoms with Crippen molar-refractivity contribution in [1.29, 1.82) is 0 Å². The lowest BCUT2D eigenvalue weighted by Gasteiger charge is -2.16. The van der Waals surface area contributed by atoms with Crippen LogP contribution in [0, 0.1) is 6.92 Å². The van der Waals surface area contributed by atoms with Crippen LogP contribution >= 0.6 is 0 Å². The fraction of sp³-hybridized carbons (Fsp3) is 0.636. The largest absolute Gasteiger partial charge is 0.427 e. The van der Waals surface area contributed by atoms with Gasteiger partial charge in [-0.3, -0.25) is 13.9 Å². The lowest BCUT2D eigenvalue weighted by molar-refractivity contribution is -0.0628. The van der Waals surface area contributed by atoms with Crippen molar-refractivity contribution in [2.24, 2.45) is 12.3 Å². The van der Waals surface area contributed by atoms with E-state index in [2.05, 4.69) is 10.2 Å². The van der Waals surface area contributed by atoms with Gasteiger partial charge in [0.15, 0.2) is 0 Å². The molecule has 1 N–H and O–H groups in total. The number of aryl methyl sites for hydroxylation is 1. The number of nitrogens with zero attached hydrogens (tertiary/aromatic N) is 5. The third-order valence-electron chi connectivity index (χ3n) is 3.37. The van der Waals surface area contributed by atoms with Crippen LogP contribution in [0.3, 0.4) is 0 Å². The van der Waals surface area contributed by atoms with E-state index in [4.69, 9.17) is 15.1 Å². The van der Waals surface area contributed by atoms with Gasteiger partial charge in [0.25, 0.3) is 5.56 Å². The Balaban J connectivity index is 2.34. The molecule has 2 heterocycles. The molecule has 1 aliphatic rings. The van der Waals surface area contributed by atoms with Gasteiger partial charge in [-0.2, -0.15) is 0 Å². The molecule has 0 saturated carbocycles. The van der Waals surface area contributed by atoms with E-state index in [1.807, 2.05) is 0 Å². The van der Waals surface area contributed by atoms with Crippen LogP contribution in [0.25, 0.3) is 10.4 Å². The van der Waals surface area contributed by atoms with Gasteiger partial charge in [0.2, 0.25) is 0 Å². The third-order valence-corrected chi connectivity index (χ3v) is 3.37. The minimum absolute atomic E-state index is 0.210. The van der Waals surface area contributed by atoms with Gasteiger partial charge >= 0.3 is 5.69 Å². The average molecular weight is 297 g/mol. The second kappa shape index (κ2) is 6.00. The molecule has 21 heavy (non-hydrogen) atoms. The number of aromatic nitrogens is 2. The molecule has 1 unspecified atom stereocenters. The van der Waals surface area contributed by atoms with Crippen LogP contribution in [0.1, 0.15) is 18.2 Å². The molecule has 0 bridgehead atoms. The van der Waals surface area contributed by atoms with E-state index < -0.39 is 24.1 Å². The summed E-state index contributed by atoms with van der Waals surface area (Å²) in [4.78, 5) is 31.1. The molecule has 0 aliphatic carbocycles. The number of hydrogen-bond acceptors (Lipinski definition) is 6. The first-order valence-electron chi connectivity index (χ1n) is 6.25. The number of ether oxygens (including phenoxy) is 1. The Morgan fingerprint density at radius 3 is 2.95 bits per heavy atom. The topological polar surface area (TPSA) is 131 Å². The highest BCUT2D eigenvalue weighted by atomic mass is 16.7. The molecule has 0 spiro atoms. The second-order valence-electron chi connectivity index (χ2n) is 4.73. The first-order valence-corrected chi connectivity index (χ1v) is 6.25. The van der Waals surface area contributed by atoms with E-state index in [1.165, 1.54) is 17.8 Å². The number of azide groups is 1. The zero-order chi connectivity index (χ0) is 15.6. The van der Waals surface area contributed by atoms with Crippen molar-refractivity contribution in [2.45, 2.75) is 31.8 Å². The molecule has 0 radical (unpaired) electrons. The third kappa shape index (κ3) is 2.77. The summed E-state index contributed by atoms with van der Waals surface area (Å²) in [7, 11) is 1.38. The molecule has 1 aliphatic heterocycles. The minimum atomic E-state index is -0.718. The summed E-state index contributed by atoms with van der Waals surface area (Å²) in [6, 6.07) is 0. The molecule has 3 atom stereocenters. The fourth-order valence-electron chi connectivity index (χ4n) is 2.28. The molecule has 0 amide bonds. The molecule has 2 rings (SSSR count). The first kappa shape index (κ1) is 15.1. The summed E-state index contributed by atoms with van der Waals surface area (Å²) < 4.78 is 7.77. The summed E-state index contributed by atoms with van der Waals surface area (Å²) in [5, 5.41) is 12.2. The molecule has 1 aromatic rings. The van der Waals surface area contributed by atoms with E-state index >= 15 is 0 Å². The van der Waals surface area contributed by atoms with E-state index in [0.29, 0.717) is 5.56 Å². The van der Waals surface area contributed by atoms with Crippen LogP contribution in [-0.4, -0.2) is 33.1 Å². The lowest BCUT2D eigenvalue weighted by Crippen LogP contribution is -2.40. The highest BCUT2D eigenvalue weighted by molar-refractivity contribution is 5.03. The van der Waals surface area contributed by atoms with Gasteiger partial charge in [0.1, 0.15) is 23.7 Å². The van der Waals surface area contributed by atoms with E-state index in [0.717, 1.165) is 4.57 Å². The molecule has 10 heteroatoms. The Morgan fingerprint density at radius 2 is 2.33 bits per heavy atom. The van der Waals surface area contributed by atoms with Crippen molar-refractivity contribution in [1.82, 2.24) is 9.13 Å². The second-order valence-corrected chi connectivity index (χ2v) is 4.73. The predicted octanol–water partition coefficient (Wildman–Crippen LogP) is -0.254.